The molecule has 0 spiro atoms. The first-order chi connectivity index (χ1) is 8.73. The summed E-state index contributed by atoms with van der Waals surface area (Å²) in [5.74, 6) is -2.23. The number of aromatic hydroxyl groups is 1. The maximum atomic E-state index is 12.9. The number of hydrogen-bond donors (Lipinski definition) is 2. The molecule has 0 aliphatic rings. The summed E-state index contributed by atoms with van der Waals surface area (Å²) >= 11 is 0. The minimum absolute atomic E-state index is 0.0250. The molecule has 106 valence electrons. The van der Waals surface area contributed by atoms with E-state index in [9.17, 15) is 18.7 Å². The highest BCUT2D eigenvalue weighted by Gasteiger charge is 2.21. The third-order valence-corrected chi connectivity index (χ3v) is 3.09. The van der Waals surface area contributed by atoms with Crippen LogP contribution in [0.25, 0.3) is 0 Å². The SMILES string of the molecule is CC(Cc1cc(C(C)C)cc(C(F)F)c1O)C(=O)O. The topological polar surface area (TPSA) is 57.5 Å². The first-order valence-corrected chi connectivity index (χ1v) is 6.10. The van der Waals surface area contributed by atoms with E-state index in [1.807, 2.05) is 13.8 Å². The molecular weight excluding hydrogens is 254 g/mol. The Morgan fingerprint density at radius 1 is 1.26 bits per heavy atom. The molecule has 0 radical (unpaired) electrons. The lowest BCUT2D eigenvalue weighted by Crippen LogP contribution is -2.13. The van der Waals surface area contributed by atoms with Crippen LogP contribution in [0.5, 0.6) is 5.75 Å². The molecule has 5 heteroatoms. The molecule has 0 aliphatic heterocycles. The van der Waals surface area contributed by atoms with Gasteiger partial charge in [0, 0.05) is 0 Å². The van der Waals surface area contributed by atoms with Crippen LogP contribution in [0, 0.1) is 5.92 Å². The molecule has 1 rings (SSSR count). The van der Waals surface area contributed by atoms with Crippen molar-refractivity contribution in [3.05, 3.63) is 28.8 Å². The summed E-state index contributed by atoms with van der Waals surface area (Å²) in [6, 6.07) is 2.88. The van der Waals surface area contributed by atoms with Gasteiger partial charge >= 0.3 is 5.97 Å². The van der Waals surface area contributed by atoms with Crippen LogP contribution in [-0.4, -0.2) is 16.2 Å². The van der Waals surface area contributed by atoms with Crippen LogP contribution in [0.15, 0.2) is 12.1 Å². The number of phenolic OH excluding ortho intramolecular Hbond substituents is 1. The minimum Gasteiger partial charge on any atom is -0.507 e. The van der Waals surface area contributed by atoms with Gasteiger partial charge in [-0.3, -0.25) is 4.79 Å². The number of carbonyl (C=O) groups is 1. The summed E-state index contributed by atoms with van der Waals surface area (Å²) in [6.07, 6.45) is -2.75. The highest BCUT2D eigenvalue weighted by molar-refractivity contribution is 5.70. The Kier molecular flexibility index (Phi) is 4.86. The summed E-state index contributed by atoms with van der Waals surface area (Å²) in [7, 11) is 0. The molecule has 0 aromatic heterocycles. The largest absolute Gasteiger partial charge is 0.507 e. The van der Waals surface area contributed by atoms with E-state index >= 15 is 0 Å². The van der Waals surface area contributed by atoms with Gasteiger partial charge in [0.15, 0.2) is 0 Å². The minimum atomic E-state index is -2.78. The normalized spacial score (nSPS) is 13.0. The predicted octanol–water partition coefficient (Wildman–Crippen LogP) is 3.72. The van der Waals surface area contributed by atoms with E-state index in [0.29, 0.717) is 5.56 Å². The van der Waals surface area contributed by atoms with Crippen molar-refractivity contribution in [3.8, 4) is 5.75 Å². The highest BCUT2D eigenvalue weighted by atomic mass is 19.3. The van der Waals surface area contributed by atoms with E-state index in [1.54, 1.807) is 6.07 Å². The van der Waals surface area contributed by atoms with Gasteiger partial charge in [0.05, 0.1) is 11.5 Å². The van der Waals surface area contributed by atoms with E-state index in [2.05, 4.69) is 0 Å². The fraction of sp³-hybridized carbons (Fsp3) is 0.500. The Morgan fingerprint density at radius 2 is 1.84 bits per heavy atom. The summed E-state index contributed by atoms with van der Waals surface area (Å²) in [5, 5.41) is 18.7. The first kappa shape index (κ1) is 15.4. The number of rotatable bonds is 5. The molecule has 0 saturated carbocycles. The van der Waals surface area contributed by atoms with E-state index in [1.165, 1.54) is 13.0 Å². The molecule has 1 aromatic carbocycles. The molecule has 2 N–H and O–H groups in total. The molecule has 0 amide bonds. The van der Waals surface area contributed by atoms with E-state index in [0.717, 1.165) is 0 Å². The van der Waals surface area contributed by atoms with Gasteiger partial charge in [0.1, 0.15) is 5.75 Å². The lowest BCUT2D eigenvalue weighted by Gasteiger charge is -2.16. The van der Waals surface area contributed by atoms with Crippen molar-refractivity contribution in [2.75, 3.05) is 0 Å². The van der Waals surface area contributed by atoms with Gasteiger partial charge in [-0.2, -0.15) is 0 Å². The second-order valence-electron chi connectivity index (χ2n) is 5.02. The number of aliphatic carboxylic acids is 1. The van der Waals surface area contributed by atoms with Gasteiger partial charge in [-0.25, -0.2) is 8.78 Å². The second kappa shape index (κ2) is 5.99. The van der Waals surface area contributed by atoms with Crippen molar-refractivity contribution in [1.29, 1.82) is 0 Å². The number of carboxylic acids is 1. The number of benzene rings is 1. The van der Waals surface area contributed by atoms with Gasteiger partial charge in [0.2, 0.25) is 0 Å². The third-order valence-electron chi connectivity index (χ3n) is 3.09. The zero-order valence-electron chi connectivity index (χ0n) is 11.2. The number of alkyl halides is 2. The van der Waals surface area contributed by atoms with Crippen LogP contribution in [-0.2, 0) is 11.2 Å². The Labute approximate surface area is 110 Å². The Morgan fingerprint density at radius 3 is 2.26 bits per heavy atom. The number of hydrogen-bond acceptors (Lipinski definition) is 2. The Balaban J connectivity index is 3.25. The molecule has 0 bridgehead atoms. The van der Waals surface area contributed by atoms with E-state index in [-0.39, 0.29) is 17.9 Å². The van der Waals surface area contributed by atoms with Crippen molar-refractivity contribution in [1.82, 2.24) is 0 Å². The van der Waals surface area contributed by atoms with Gasteiger partial charge in [-0.15, -0.1) is 0 Å². The quantitative estimate of drug-likeness (QED) is 0.859. The maximum Gasteiger partial charge on any atom is 0.306 e. The standard InChI is InChI=1S/C14H18F2O3/c1-7(2)9-5-10(4-8(3)14(18)19)12(17)11(6-9)13(15)16/h5-8,13,17H,4H2,1-3H3,(H,18,19). The number of phenols is 1. The fourth-order valence-electron chi connectivity index (χ4n) is 1.82. The highest BCUT2D eigenvalue weighted by Crippen LogP contribution is 2.35. The third kappa shape index (κ3) is 3.66. The van der Waals surface area contributed by atoms with Crippen molar-refractivity contribution in [3.63, 3.8) is 0 Å². The number of halogens is 2. The Bertz CT molecular complexity index is 470. The van der Waals surface area contributed by atoms with Crippen LogP contribution < -0.4 is 0 Å². The Hall–Kier alpha value is -1.65. The molecule has 19 heavy (non-hydrogen) atoms. The predicted molar refractivity (Wildman–Crippen MR) is 67.7 cm³/mol. The molecule has 1 atom stereocenters. The molecule has 1 aromatic rings. The average Bonchev–Trinajstić information content (AvgIpc) is 2.30. The summed E-state index contributed by atoms with van der Waals surface area (Å²) in [4.78, 5) is 10.8. The smallest absolute Gasteiger partial charge is 0.306 e. The molecule has 3 nitrogen and oxygen atoms in total. The summed E-state index contributed by atoms with van der Waals surface area (Å²) in [6.45, 7) is 5.18. The van der Waals surface area contributed by atoms with Crippen LogP contribution in [0.4, 0.5) is 8.78 Å². The van der Waals surface area contributed by atoms with Gasteiger partial charge in [0.25, 0.3) is 6.43 Å². The zero-order chi connectivity index (χ0) is 14.7. The van der Waals surface area contributed by atoms with Crippen molar-refractivity contribution >= 4 is 5.97 Å². The molecule has 0 saturated heterocycles. The molecule has 1 unspecified atom stereocenters. The summed E-state index contributed by atoms with van der Waals surface area (Å²) in [5.41, 5.74) is 0.496. The fourth-order valence-corrected chi connectivity index (χ4v) is 1.82. The van der Waals surface area contributed by atoms with Gasteiger partial charge in [-0.1, -0.05) is 26.8 Å². The van der Waals surface area contributed by atoms with Crippen LogP contribution in [0.2, 0.25) is 0 Å². The van der Waals surface area contributed by atoms with Crippen molar-refractivity contribution in [2.45, 2.75) is 39.5 Å². The monoisotopic (exact) mass is 272 g/mol. The molecule has 0 heterocycles. The zero-order valence-corrected chi connectivity index (χ0v) is 11.2. The van der Waals surface area contributed by atoms with E-state index < -0.39 is 29.6 Å². The van der Waals surface area contributed by atoms with E-state index in [4.69, 9.17) is 5.11 Å². The van der Waals surface area contributed by atoms with Gasteiger partial charge in [-0.05, 0) is 29.5 Å². The lowest BCUT2D eigenvalue weighted by molar-refractivity contribution is -0.141. The van der Waals surface area contributed by atoms with Crippen molar-refractivity contribution in [2.24, 2.45) is 5.92 Å². The van der Waals surface area contributed by atoms with Gasteiger partial charge < -0.3 is 10.2 Å². The molecular formula is C14H18F2O3. The first-order valence-electron chi connectivity index (χ1n) is 6.10. The second-order valence-corrected chi connectivity index (χ2v) is 5.02. The van der Waals surface area contributed by atoms with Crippen LogP contribution in [0.1, 0.15) is 49.8 Å². The maximum absolute atomic E-state index is 12.9. The average molecular weight is 272 g/mol. The molecule has 0 aliphatic carbocycles. The van der Waals surface area contributed by atoms with Crippen LogP contribution >= 0.6 is 0 Å². The molecule has 0 fully saturated rings. The lowest BCUT2D eigenvalue weighted by atomic mass is 9.92. The van der Waals surface area contributed by atoms with Crippen molar-refractivity contribution < 1.29 is 23.8 Å². The number of carboxylic acid groups (broad SMARTS) is 1. The summed E-state index contributed by atoms with van der Waals surface area (Å²) < 4.78 is 25.7. The van der Waals surface area contributed by atoms with Crippen LogP contribution in [0.3, 0.4) is 0 Å².